The minimum absolute atomic E-state index is 0.0567. The van der Waals surface area contributed by atoms with Crippen LogP contribution in [-0.4, -0.2) is 56.3 Å². The number of carbonyl (C=O) groups excluding carboxylic acids is 2. The van der Waals surface area contributed by atoms with E-state index in [0.717, 1.165) is 5.56 Å². The van der Waals surface area contributed by atoms with E-state index in [9.17, 15) is 14.7 Å². The molecule has 0 aromatic heterocycles. The fourth-order valence-corrected chi connectivity index (χ4v) is 3.17. The average Bonchev–Trinajstić information content (AvgIpc) is 2.72. The van der Waals surface area contributed by atoms with Gasteiger partial charge in [-0.3, -0.25) is 9.59 Å². The average molecular weight is 442 g/mol. The molecule has 0 saturated heterocycles. The second-order valence-corrected chi connectivity index (χ2v) is 6.87. The molecule has 156 valence electrons. The molecule has 2 aromatic carbocycles. The Balaban J connectivity index is 2.27. The van der Waals surface area contributed by atoms with E-state index in [0.29, 0.717) is 17.9 Å². The lowest BCUT2D eigenvalue weighted by molar-refractivity contribution is -0.141. The first kappa shape index (κ1) is 22.6. The standard InChI is InChI=1S/C20H21Cl2NO6/c1-27-16-5-4-12(8-17(16)28-2)6-7-23(11-18(24)29-3)20(26)14-9-13(21)10-15(22)19(14)25/h4-5,8-10,25H,6-7,11H2,1-3H3. The number of phenols is 1. The molecular weight excluding hydrogens is 421 g/mol. The van der Waals surface area contributed by atoms with Gasteiger partial charge in [0.05, 0.1) is 31.9 Å². The molecule has 0 unspecified atom stereocenters. The molecule has 0 aliphatic carbocycles. The van der Waals surface area contributed by atoms with Gasteiger partial charge in [-0.05, 0) is 36.2 Å². The molecule has 7 nitrogen and oxygen atoms in total. The molecule has 0 radical (unpaired) electrons. The molecule has 1 amide bonds. The third-order valence-electron chi connectivity index (χ3n) is 4.21. The molecule has 9 heteroatoms. The number of carbonyl (C=O) groups is 2. The summed E-state index contributed by atoms with van der Waals surface area (Å²) in [4.78, 5) is 26.0. The van der Waals surface area contributed by atoms with Gasteiger partial charge in [-0.25, -0.2) is 0 Å². The molecule has 0 spiro atoms. The van der Waals surface area contributed by atoms with Crippen molar-refractivity contribution in [2.45, 2.75) is 6.42 Å². The Kier molecular flexibility index (Phi) is 7.99. The molecule has 0 heterocycles. The van der Waals surface area contributed by atoms with Crippen LogP contribution in [-0.2, 0) is 16.0 Å². The molecular formula is C20H21Cl2NO6. The normalized spacial score (nSPS) is 10.4. The zero-order chi connectivity index (χ0) is 21.6. The van der Waals surface area contributed by atoms with Gasteiger partial charge in [-0.2, -0.15) is 0 Å². The first-order valence-electron chi connectivity index (χ1n) is 8.55. The summed E-state index contributed by atoms with van der Waals surface area (Å²) in [6.45, 7) is -0.126. The summed E-state index contributed by atoms with van der Waals surface area (Å²) in [6.07, 6.45) is 0.415. The molecule has 0 aliphatic heterocycles. The number of phenolic OH excluding ortho intramolecular Hbond substituents is 1. The number of ether oxygens (including phenoxy) is 3. The summed E-state index contributed by atoms with van der Waals surface area (Å²) in [7, 11) is 4.30. The fourth-order valence-electron chi connectivity index (χ4n) is 2.67. The van der Waals surface area contributed by atoms with Crippen LogP contribution in [0, 0.1) is 0 Å². The van der Waals surface area contributed by atoms with Gasteiger partial charge < -0.3 is 24.2 Å². The maximum atomic E-state index is 13.0. The van der Waals surface area contributed by atoms with Crippen molar-refractivity contribution in [1.82, 2.24) is 4.90 Å². The van der Waals surface area contributed by atoms with Crippen molar-refractivity contribution in [3.8, 4) is 17.2 Å². The van der Waals surface area contributed by atoms with Crippen molar-refractivity contribution < 1.29 is 28.9 Å². The lowest BCUT2D eigenvalue weighted by atomic mass is 10.1. The van der Waals surface area contributed by atoms with Crippen molar-refractivity contribution >= 4 is 35.1 Å². The predicted octanol–water partition coefficient (Wildman–Crippen LogP) is 3.57. The molecule has 1 N–H and O–H groups in total. The van der Waals surface area contributed by atoms with Crippen LogP contribution in [0.1, 0.15) is 15.9 Å². The first-order valence-corrected chi connectivity index (χ1v) is 9.31. The van der Waals surface area contributed by atoms with E-state index in [1.54, 1.807) is 12.1 Å². The fraction of sp³-hybridized carbons (Fsp3) is 0.300. The topological polar surface area (TPSA) is 85.3 Å². The Hall–Kier alpha value is -2.64. The molecule has 0 bridgehead atoms. The van der Waals surface area contributed by atoms with Gasteiger partial charge in [0.1, 0.15) is 12.3 Å². The number of halogens is 2. The predicted molar refractivity (Wildman–Crippen MR) is 109 cm³/mol. The van der Waals surface area contributed by atoms with Gasteiger partial charge in [0.15, 0.2) is 11.5 Å². The Morgan fingerprint density at radius 2 is 1.72 bits per heavy atom. The van der Waals surface area contributed by atoms with Crippen LogP contribution < -0.4 is 9.47 Å². The largest absolute Gasteiger partial charge is 0.506 e. The summed E-state index contributed by atoms with van der Waals surface area (Å²) < 4.78 is 15.2. The van der Waals surface area contributed by atoms with Crippen LogP contribution in [0.4, 0.5) is 0 Å². The molecule has 0 aliphatic rings. The van der Waals surface area contributed by atoms with Gasteiger partial charge in [-0.15, -0.1) is 0 Å². The van der Waals surface area contributed by atoms with Crippen LogP contribution in [0.2, 0.25) is 10.0 Å². The van der Waals surface area contributed by atoms with E-state index in [1.807, 2.05) is 6.07 Å². The Morgan fingerprint density at radius 1 is 1.03 bits per heavy atom. The minimum Gasteiger partial charge on any atom is -0.506 e. The quantitative estimate of drug-likeness (QED) is 0.630. The number of nitrogens with zero attached hydrogens (tertiary/aromatic N) is 1. The van der Waals surface area contributed by atoms with Gasteiger partial charge in [0, 0.05) is 11.6 Å². The van der Waals surface area contributed by atoms with E-state index < -0.39 is 17.6 Å². The summed E-state index contributed by atoms with van der Waals surface area (Å²) in [5.41, 5.74) is 0.761. The first-order chi connectivity index (χ1) is 13.8. The summed E-state index contributed by atoms with van der Waals surface area (Å²) in [5, 5.41) is 10.3. The van der Waals surface area contributed by atoms with Crippen LogP contribution in [0.3, 0.4) is 0 Å². The highest BCUT2D eigenvalue weighted by atomic mass is 35.5. The zero-order valence-electron chi connectivity index (χ0n) is 16.2. The van der Waals surface area contributed by atoms with Crippen molar-refractivity contribution in [3.63, 3.8) is 0 Å². The Labute approximate surface area is 178 Å². The maximum Gasteiger partial charge on any atom is 0.325 e. The second kappa shape index (κ2) is 10.2. The van der Waals surface area contributed by atoms with E-state index >= 15 is 0 Å². The summed E-state index contributed by atoms with van der Waals surface area (Å²) >= 11 is 11.9. The molecule has 2 rings (SSSR count). The summed E-state index contributed by atoms with van der Waals surface area (Å²) in [6, 6.07) is 7.99. The number of amides is 1. The number of hydrogen-bond acceptors (Lipinski definition) is 6. The summed E-state index contributed by atoms with van der Waals surface area (Å²) in [5.74, 6) is -0.467. The van der Waals surface area contributed by atoms with Crippen molar-refractivity contribution in [1.29, 1.82) is 0 Å². The van der Waals surface area contributed by atoms with Crippen molar-refractivity contribution in [3.05, 3.63) is 51.5 Å². The number of rotatable bonds is 8. The second-order valence-electron chi connectivity index (χ2n) is 6.03. The maximum absolute atomic E-state index is 13.0. The zero-order valence-corrected chi connectivity index (χ0v) is 17.7. The SMILES string of the molecule is COC(=O)CN(CCc1ccc(OC)c(OC)c1)C(=O)c1cc(Cl)cc(Cl)c1O. The minimum atomic E-state index is -0.599. The smallest absolute Gasteiger partial charge is 0.325 e. The molecule has 29 heavy (non-hydrogen) atoms. The van der Waals surface area contributed by atoms with E-state index in [4.69, 9.17) is 32.7 Å². The van der Waals surface area contributed by atoms with Crippen LogP contribution in [0.5, 0.6) is 17.2 Å². The molecule has 2 aromatic rings. The van der Waals surface area contributed by atoms with E-state index in [2.05, 4.69) is 4.74 Å². The lowest BCUT2D eigenvalue weighted by Gasteiger charge is -2.22. The number of aromatic hydroxyl groups is 1. The van der Waals surface area contributed by atoms with Crippen LogP contribution in [0.15, 0.2) is 30.3 Å². The highest BCUT2D eigenvalue weighted by Crippen LogP contribution is 2.32. The third kappa shape index (κ3) is 5.68. The van der Waals surface area contributed by atoms with Crippen molar-refractivity contribution in [2.24, 2.45) is 0 Å². The Bertz CT molecular complexity index is 903. The van der Waals surface area contributed by atoms with E-state index in [1.165, 1.54) is 38.4 Å². The molecule has 0 saturated carbocycles. The van der Waals surface area contributed by atoms with Gasteiger partial charge in [-0.1, -0.05) is 29.3 Å². The Morgan fingerprint density at radius 3 is 2.34 bits per heavy atom. The number of esters is 1. The number of methoxy groups -OCH3 is 3. The highest BCUT2D eigenvalue weighted by Gasteiger charge is 2.24. The highest BCUT2D eigenvalue weighted by molar-refractivity contribution is 6.36. The third-order valence-corrected chi connectivity index (χ3v) is 4.72. The lowest BCUT2D eigenvalue weighted by Crippen LogP contribution is -2.37. The van der Waals surface area contributed by atoms with Crippen LogP contribution in [0.25, 0.3) is 0 Å². The van der Waals surface area contributed by atoms with Gasteiger partial charge in [0.25, 0.3) is 5.91 Å². The van der Waals surface area contributed by atoms with E-state index in [-0.39, 0.29) is 28.7 Å². The number of hydrogen-bond donors (Lipinski definition) is 1. The molecule has 0 atom stereocenters. The number of benzene rings is 2. The van der Waals surface area contributed by atoms with Crippen LogP contribution >= 0.6 is 23.2 Å². The van der Waals surface area contributed by atoms with Gasteiger partial charge >= 0.3 is 5.97 Å². The van der Waals surface area contributed by atoms with Gasteiger partial charge in [0.2, 0.25) is 0 Å². The molecule has 0 fully saturated rings. The monoisotopic (exact) mass is 441 g/mol. The van der Waals surface area contributed by atoms with Crippen molar-refractivity contribution in [2.75, 3.05) is 34.4 Å².